The molecule has 132 valence electrons. The van der Waals surface area contributed by atoms with Gasteiger partial charge in [0, 0.05) is 12.3 Å². The highest BCUT2D eigenvalue weighted by Crippen LogP contribution is 2.26. The van der Waals surface area contributed by atoms with Gasteiger partial charge in [-0.2, -0.15) is 0 Å². The van der Waals surface area contributed by atoms with Crippen molar-refractivity contribution in [3.05, 3.63) is 66.9 Å². The molecule has 0 spiro atoms. The minimum absolute atomic E-state index is 0.110. The Hall–Kier alpha value is -2.80. The molecule has 0 unspecified atom stereocenters. The molecule has 0 radical (unpaired) electrons. The van der Waals surface area contributed by atoms with E-state index in [-0.39, 0.29) is 11.5 Å². The van der Waals surface area contributed by atoms with E-state index in [4.69, 9.17) is 9.47 Å². The van der Waals surface area contributed by atoms with Crippen LogP contribution in [0.2, 0.25) is 0 Å². The molecule has 0 atom stereocenters. The van der Waals surface area contributed by atoms with Gasteiger partial charge in [0.15, 0.2) is 0 Å². The van der Waals surface area contributed by atoms with Crippen LogP contribution >= 0.6 is 0 Å². The average Bonchev–Trinajstić information content (AvgIpc) is 2.63. The quantitative estimate of drug-likeness (QED) is 0.560. The van der Waals surface area contributed by atoms with Gasteiger partial charge in [-0.25, -0.2) is 17.5 Å². The lowest BCUT2D eigenvalue weighted by Crippen LogP contribution is -2.26. The van der Waals surface area contributed by atoms with Crippen LogP contribution in [-0.2, 0) is 19.6 Å². The maximum Gasteiger partial charge on any atom is 0.332 e. The van der Waals surface area contributed by atoms with Crippen LogP contribution in [0, 0.1) is 0 Å². The monoisotopic (exact) mass is 361 g/mol. The van der Waals surface area contributed by atoms with Gasteiger partial charge in [-0.3, -0.25) is 0 Å². The maximum atomic E-state index is 12.9. The van der Waals surface area contributed by atoms with Crippen LogP contribution in [0.4, 0.5) is 5.69 Å². The number of benzene rings is 2. The van der Waals surface area contributed by atoms with Gasteiger partial charge in [0.2, 0.25) is 0 Å². The van der Waals surface area contributed by atoms with E-state index in [0.29, 0.717) is 11.4 Å². The molecule has 0 aliphatic rings. The number of carbonyl (C=O) groups is 1. The first-order chi connectivity index (χ1) is 12.0. The zero-order valence-corrected chi connectivity index (χ0v) is 14.8. The fraction of sp³-hybridized carbons (Fsp3) is 0.167. The lowest BCUT2D eigenvalue weighted by atomic mass is 10.3. The molecule has 2 rings (SSSR count). The van der Waals surface area contributed by atoms with E-state index in [9.17, 15) is 13.2 Å². The highest BCUT2D eigenvalue weighted by Gasteiger charge is 2.23. The van der Waals surface area contributed by atoms with E-state index in [1.54, 1.807) is 49.4 Å². The van der Waals surface area contributed by atoms with Crippen molar-refractivity contribution in [2.75, 3.05) is 18.0 Å². The molecule has 0 bridgehead atoms. The van der Waals surface area contributed by atoms with Crippen LogP contribution in [0.15, 0.2) is 71.8 Å². The van der Waals surface area contributed by atoms with Crippen LogP contribution in [0.5, 0.6) is 5.75 Å². The summed E-state index contributed by atoms with van der Waals surface area (Å²) < 4.78 is 36.8. The maximum absolute atomic E-state index is 12.9. The molecular formula is C18H19NO5S. The highest BCUT2D eigenvalue weighted by atomic mass is 32.2. The van der Waals surface area contributed by atoms with Gasteiger partial charge >= 0.3 is 5.97 Å². The summed E-state index contributed by atoms with van der Waals surface area (Å²) in [6.45, 7) is 1.88. The summed E-state index contributed by atoms with van der Waals surface area (Å²) in [5.41, 5.74) is 0.366. The molecule has 0 heterocycles. The van der Waals surface area contributed by atoms with Gasteiger partial charge in [-0.1, -0.05) is 18.2 Å². The second-order valence-corrected chi connectivity index (χ2v) is 6.69. The third-order valence-corrected chi connectivity index (χ3v) is 4.98. The van der Waals surface area contributed by atoms with Crippen molar-refractivity contribution < 1.29 is 22.7 Å². The zero-order valence-electron chi connectivity index (χ0n) is 14.0. The number of methoxy groups -OCH3 is 1. The Kier molecular flexibility index (Phi) is 6.19. The number of hydrogen-bond donors (Lipinski definition) is 0. The largest absolute Gasteiger partial charge is 0.497 e. The molecule has 0 saturated heterocycles. The molecule has 6 nitrogen and oxygen atoms in total. The van der Waals surface area contributed by atoms with Crippen LogP contribution < -0.4 is 9.04 Å². The zero-order chi connectivity index (χ0) is 18.3. The van der Waals surface area contributed by atoms with E-state index in [1.807, 2.05) is 0 Å². The normalized spacial score (nSPS) is 11.3. The molecular weight excluding hydrogens is 342 g/mol. The summed E-state index contributed by atoms with van der Waals surface area (Å²) in [6.07, 6.45) is 2.26. The van der Waals surface area contributed by atoms with Crippen molar-refractivity contribution in [3.8, 4) is 5.75 Å². The van der Waals surface area contributed by atoms with E-state index in [1.165, 1.54) is 25.4 Å². The van der Waals surface area contributed by atoms with Crippen molar-refractivity contribution in [2.45, 2.75) is 11.8 Å². The van der Waals surface area contributed by atoms with Crippen LogP contribution in [0.25, 0.3) is 0 Å². The molecule has 0 aliphatic carbocycles. The lowest BCUT2D eigenvalue weighted by molar-refractivity contribution is -0.137. The number of anilines is 1. The Morgan fingerprint density at radius 2 is 1.72 bits per heavy atom. The smallest absolute Gasteiger partial charge is 0.332 e. The minimum atomic E-state index is -3.89. The molecule has 0 fully saturated rings. The lowest BCUT2D eigenvalue weighted by Gasteiger charge is -2.20. The Labute approximate surface area is 147 Å². The van der Waals surface area contributed by atoms with Crippen molar-refractivity contribution in [3.63, 3.8) is 0 Å². The fourth-order valence-electron chi connectivity index (χ4n) is 2.06. The molecule has 0 N–H and O–H groups in total. The second kappa shape index (κ2) is 8.34. The first-order valence-electron chi connectivity index (χ1n) is 7.57. The predicted octanol–water partition coefficient (Wildman–Crippen LogP) is 2.97. The van der Waals surface area contributed by atoms with Crippen molar-refractivity contribution >= 4 is 21.7 Å². The van der Waals surface area contributed by atoms with Gasteiger partial charge in [0.1, 0.15) is 5.75 Å². The molecule has 7 heteroatoms. The summed E-state index contributed by atoms with van der Waals surface area (Å²) in [7, 11) is -2.36. The Morgan fingerprint density at radius 1 is 1.08 bits per heavy atom. The first-order valence-corrected chi connectivity index (χ1v) is 9.01. The first kappa shape index (κ1) is 18.5. The third kappa shape index (κ3) is 4.60. The number of carbonyl (C=O) groups excluding carboxylic acids is 1. The molecule has 25 heavy (non-hydrogen) atoms. The van der Waals surface area contributed by atoms with Crippen LogP contribution in [-0.4, -0.2) is 28.1 Å². The Bertz CT molecular complexity index is 830. The number of ether oxygens (including phenoxy) is 2. The van der Waals surface area contributed by atoms with Crippen LogP contribution in [0.1, 0.15) is 6.92 Å². The number of esters is 1. The Balaban J connectivity index is 2.46. The van der Waals surface area contributed by atoms with E-state index in [0.717, 1.165) is 10.4 Å². The molecule has 0 aliphatic heterocycles. The number of hydrogen-bond acceptors (Lipinski definition) is 5. The van der Waals surface area contributed by atoms with Gasteiger partial charge in [0.05, 0.1) is 24.3 Å². The van der Waals surface area contributed by atoms with E-state index >= 15 is 0 Å². The summed E-state index contributed by atoms with van der Waals surface area (Å²) >= 11 is 0. The molecule has 2 aromatic carbocycles. The third-order valence-electron chi connectivity index (χ3n) is 3.26. The number of rotatable bonds is 7. The fourth-order valence-corrected chi connectivity index (χ4v) is 3.41. The topological polar surface area (TPSA) is 72.9 Å². The summed E-state index contributed by atoms with van der Waals surface area (Å²) in [5, 5.41) is 0. The molecule has 0 saturated carbocycles. The van der Waals surface area contributed by atoms with Gasteiger partial charge in [-0.05, 0) is 43.3 Å². The van der Waals surface area contributed by atoms with E-state index < -0.39 is 16.0 Å². The van der Waals surface area contributed by atoms with Gasteiger partial charge in [-0.15, -0.1) is 0 Å². The van der Waals surface area contributed by atoms with Gasteiger partial charge in [0.25, 0.3) is 10.0 Å². The van der Waals surface area contributed by atoms with Crippen molar-refractivity contribution in [1.29, 1.82) is 0 Å². The van der Waals surface area contributed by atoms with Crippen molar-refractivity contribution in [1.82, 2.24) is 0 Å². The van der Waals surface area contributed by atoms with Crippen molar-refractivity contribution in [2.24, 2.45) is 0 Å². The van der Waals surface area contributed by atoms with E-state index in [2.05, 4.69) is 0 Å². The number of nitrogens with zero attached hydrogens (tertiary/aromatic N) is 1. The SMILES string of the molecule is CCOC(=O)/C=C/N(c1ccc(OC)cc1)S(=O)(=O)c1ccccc1. The van der Waals surface area contributed by atoms with Gasteiger partial charge < -0.3 is 9.47 Å². The second-order valence-electron chi connectivity index (χ2n) is 4.88. The Morgan fingerprint density at radius 3 is 2.28 bits per heavy atom. The summed E-state index contributed by atoms with van der Waals surface area (Å²) in [5.74, 6) is -0.0283. The summed E-state index contributed by atoms with van der Waals surface area (Å²) in [4.78, 5) is 11.7. The predicted molar refractivity (Wildman–Crippen MR) is 94.9 cm³/mol. The molecule has 2 aromatic rings. The standard InChI is InChI=1S/C18H19NO5S/c1-3-24-18(20)13-14-19(15-9-11-16(23-2)12-10-15)25(21,22)17-7-5-4-6-8-17/h4-14H,3H2,1-2H3/b14-13+. The van der Waals surface area contributed by atoms with Crippen LogP contribution in [0.3, 0.4) is 0 Å². The highest BCUT2D eigenvalue weighted by molar-refractivity contribution is 7.93. The molecule has 0 amide bonds. The summed E-state index contributed by atoms with van der Waals surface area (Å²) in [6, 6.07) is 14.4. The molecule has 0 aromatic heterocycles. The average molecular weight is 361 g/mol. The number of sulfonamides is 1. The minimum Gasteiger partial charge on any atom is -0.497 e.